The minimum atomic E-state index is -0.626. The Labute approximate surface area is 73.1 Å². The number of halogens is 1. The van der Waals surface area contributed by atoms with E-state index < -0.39 is 11.6 Å². The second-order valence-corrected chi connectivity index (χ2v) is 2.18. The van der Waals surface area contributed by atoms with E-state index in [1.807, 2.05) is 0 Å². The van der Waals surface area contributed by atoms with Gasteiger partial charge in [-0.2, -0.15) is 0 Å². The van der Waals surface area contributed by atoms with Crippen LogP contribution in [0.1, 0.15) is 0 Å². The minimum Gasteiger partial charge on any atom is -0.390 e. The number of nitrogens with zero attached hydrogens (tertiary/aromatic N) is 3. The molecular weight excluding hydrogens is 180 g/mol. The van der Waals surface area contributed by atoms with Gasteiger partial charge >= 0.3 is 5.95 Å². The van der Waals surface area contributed by atoms with E-state index in [1.54, 1.807) is 0 Å². The summed E-state index contributed by atoms with van der Waals surface area (Å²) in [5.74, 6) is -0.307. The fraction of sp³-hybridized carbons (Fsp3) is 0.500. The van der Waals surface area contributed by atoms with Gasteiger partial charge in [0.15, 0.2) is 6.73 Å². The molecule has 0 spiro atoms. The molecule has 0 aliphatic heterocycles. The maximum absolute atomic E-state index is 11.6. The van der Waals surface area contributed by atoms with Crippen molar-refractivity contribution in [1.29, 1.82) is 0 Å². The summed E-state index contributed by atoms with van der Waals surface area (Å²) in [6.45, 7) is -0.738. The average molecular weight is 188 g/mol. The SMILES string of the molecule is O=[N+]([O-])c1nccn1COCC[18F]. The highest BCUT2D eigenvalue weighted by Crippen LogP contribution is 2.06. The monoisotopic (exact) mass is 188 g/mol. The van der Waals surface area contributed by atoms with Crippen LogP contribution in [0.3, 0.4) is 0 Å². The quantitative estimate of drug-likeness (QED) is 0.388. The summed E-state index contributed by atoms with van der Waals surface area (Å²) in [4.78, 5) is 13.2. The van der Waals surface area contributed by atoms with E-state index in [1.165, 1.54) is 17.0 Å². The molecule has 0 atom stereocenters. The maximum atomic E-state index is 11.6. The number of nitro groups is 1. The molecule has 0 unspecified atom stereocenters. The molecule has 0 N–H and O–H groups in total. The first-order valence-corrected chi connectivity index (χ1v) is 3.55. The molecule has 1 aromatic heterocycles. The van der Waals surface area contributed by atoms with Gasteiger partial charge in [0.1, 0.15) is 19.1 Å². The Hall–Kier alpha value is -1.50. The molecule has 1 aromatic rings. The summed E-state index contributed by atoms with van der Waals surface area (Å²) in [7, 11) is 0. The molecule has 0 fully saturated rings. The first-order valence-electron chi connectivity index (χ1n) is 3.55. The molecule has 0 aliphatic carbocycles. The molecule has 0 radical (unpaired) electrons. The van der Waals surface area contributed by atoms with Crippen molar-refractivity contribution < 1.29 is 14.1 Å². The third-order valence-corrected chi connectivity index (χ3v) is 1.31. The van der Waals surface area contributed by atoms with Gasteiger partial charge in [-0.25, -0.2) is 8.96 Å². The van der Waals surface area contributed by atoms with E-state index in [-0.39, 0.29) is 19.3 Å². The smallest absolute Gasteiger partial charge is 0.390 e. The number of ether oxygens (including phenoxy) is 1. The fourth-order valence-electron chi connectivity index (χ4n) is 0.792. The van der Waals surface area contributed by atoms with E-state index in [0.717, 1.165) is 0 Å². The molecular formula is C6H8FN3O3. The fourth-order valence-corrected chi connectivity index (χ4v) is 0.792. The molecule has 0 saturated carbocycles. The molecule has 13 heavy (non-hydrogen) atoms. The second kappa shape index (κ2) is 4.51. The lowest BCUT2D eigenvalue weighted by atomic mass is 10.8. The van der Waals surface area contributed by atoms with Crippen LogP contribution in [-0.4, -0.2) is 27.8 Å². The van der Waals surface area contributed by atoms with Gasteiger partial charge in [-0.3, -0.25) is 0 Å². The molecule has 72 valence electrons. The second-order valence-electron chi connectivity index (χ2n) is 2.18. The summed E-state index contributed by atoms with van der Waals surface area (Å²) in [5.41, 5.74) is 0. The Morgan fingerprint density at radius 3 is 3.15 bits per heavy atom. The van der Waals surface area contributed by atoms with E-state index in [4.69, 9.17) is 4.74 Å². The third-order valence-electron chi connectivity index (χ3n) is 1.31. The van der Waals surface area contributed by atoms with Crippen LogP contribution in [0.2, 0.25) is 0 Å². The Bertz CT molecular complexity index is 288. The van der Waals surface area contributed by atoms with Crippen molar-refractivity contribution in [1.82, 2.24) is 9.55 Å². The number of hydrogen-bond donors (Lipinski definition) is 0. The Kier molecular flexibility index (Phi) is 3.32. The van der Waals surface area contributed by atoms with Crippen LogP contribution in [0.15, 0.2) is 12.4 Å². The highest BCUT2D eigenvalue weighted by Gasteiger charge is 2.12. The zero-order valence-corrected chi connectivity index (χ0v) is 6.72. The Morgan fingerprint density at radius 1 is 1.77 bits per heavy atom. The standard InChI is InChI=1S/C6H8FN3O3/c7-1-4-13-5-9-3-2-8-6(9)10(11)12/h2-3H,1,4-5H2/i7-1. The van der Waals surface area contributed by atoms with Crippen LogP contribution in [0, 0.1) is 10.1 Å². The first kappa shape index (κ1) is 9.59. The van der Waals surface area contributed by atoms with Gasteiger partial charge in [0.25, 0.3) is 0 Å². The van der Waals surface area contributed by atoms with Gasteiger partial charge in [0, 0.05) is 0 Å². The molecule has 6 nitrogen and oxygen atoms in total. The highest BCUT2D eigenvalue weighted by molar-refractivity contribution is 5.05. The summed E-state index contributed by atoms with van der Waals surface area (Å²) in [5, 5.41) is 10.3. The zero-order chi connectivity index (χ0) is 9.68. The van der Waals surface area contributed by atoms with Crippen LogP contribution in [0.4, 0.5) is 10.3 Å². The molecule has 0 bridgehead atoms. The molecule has 0 saturated heterocycles. The van der Waals surface area contributed by atoms with Crippen LogP contribution in [0.25, 0.3) is 0 Å². The van der Waals surface area contributed by atoms with Crippen molar-refractivity contribution in [3.05, 3.63) is 22.5 Å². The lowest BCUT2D eigenvalue weighted by molar-refractivity contribution is -0.397. The third kappa shape index (κ3) is 2.48. The molecule has 1 heterocycles. The Morgan fingerprint density at radius 2 is 2.54 bits per heavy atom. The molecule has 0 aliphatic rings. The number of imidazole rings is 1. The molecule has 1 rings (SSSR count). The largest absolute Gasteiger partial charge is 0.436 e. The number of aromatic nitrogens is 2. The molecule has 7 heteroatoms. The first-order chi connectivity index (χ1) is 6.25. The predicted octanol–water partition coefficient (Wildman–Crippen LogP) is 0.735. The topological polar surface area (TPSA) is 70.2 Å². The van der Waals surface area contributed by atoms with Crippen LogP contribution >= 0.6 is 0 Å². The van der Waals surface area contributed by atoms with E-state index in [0.29, 0.717) is 0 Å². The van der Waals surface area contributed by atoms with E-state index in [2.05, 4.69) is 4.98 Å². The lowest BCUT2D eigenvalue weighted by Crippen LogP contribution is -2.07. The normalized spacial score (nSPS) is 10.2. The maximum Gasteiger partial charge on any atom is 0.436 e. The number of hydrogen-bond acceptors (Lipinski definition) is 4. The minimum absolute atomic E-state index is 0.0553. The van der Waals surface area contributed by atoms with Crippen LogP contribution < -0.4 is 0 Å². The number of rotatable bonds is 5. The summed E-state index contributed by atoms with van der Waals surface area (Å²) >= 11 is 0. The summed E-state index contributed by atoms with van der Waals surface area (Å²) < 4.78 is 17.5. The van der Waals surface area contributed by atoms with Crippen molar-refractivity contribution in [2.45, 2.75) is 6.73 Å². The molecule has 0 aromatic carbocycles. The van der Waals surface area contributed by atoms with Gasteiger partial charge in [-0.1, -0.05) is 4.98 Å². The van der Waals surface area contributed by atoms with Crippen molar-refractivity contribution in [3.8, 4) is 0 Å². The van der Waals surface area contributed by atoms with Gasteiger partial charge < -0.3 is 14.9 Å². The van der Waals surface area contributed by atoms with Crippen LogP contribution in [0.5, 0.6) is 0 Å². The zero-order valence-electron chi connectivity index (χ0n) is 6.72. The average Bonchev–Trinajstić information content (AvgIpc) is 2.53. The summed E-state index contributed by atoms with van der Waals surface area (Å²) in [6, 6.07) is 0. The summed E-state index contributed by atoms with van der Waals surface area (Å²) in [6.07, 6.45) is 2.69. The van der Waals surface area contributed by atoms with Gasteiger partial charge in [-0.15, -0.1) is 0 Å². The van der Waals surface area contributed by atoms with Crippen molar-refractivity contribution >= 4 is 5.95 Å². The number of alkyl halides is 1. The van der Waals surface area contributed by atoms with Crippen molar-refractivity contribution in [2.75, 3.05) is 13.3 Å². The predicted molar refractivity (Wildman–Crippen MR) is 40.8 cm³/mol. The van der Waals surface area contributed by atoms with E-state index >= 15 is 0 Å². The Balaban J connectivity index is 2.55. The molecule has 0 amide bonds. The highest BCUT2D eigenvalue weighted by atomic mass is 18.2. The van der Waals surface area contributed by atoms with E-state index in [9.17, 15) is 14.5 Å². The van der Waals surface area contributed by atoms with Gasteiger partial charge in [0.05, 0.1) is 6.61 Å². The van der Waals surface area contributed by atoms with Crippen molar-refractivity contribution in [2.24, 2.45) is 0 Å². The van der Waals surface area contributed by atoms with Crippen molar-refractivity contribution in [3.63, 3.8) is 0 Å². The van der Waals surface area contributed by atoms with Gasteiger partial charge in [-0.05, 0) is 4.92 Å². The van der Waals surface area contributed by atoms with Crippen LogP contribution in [-0.2, 0) is 11.5 Å². The van der Waals surface area contributed by atoms with Gasteiger partial charge in [0.2, 0.25) is 0 Å². The lowest BCUT2D eigenvalue weighted by Gasteiger charge is -2.00.